The van der Waals surface area contributed by atoms with E-state index in [4.69, 9.17) is 4.74 Å². The first-order chi connectivity index (χ1) is 11.3. The van der Waals surface area contributed by atoms with Crippen molar-refractivity contribution in [3.05, 3.63) is 35.4 Å². The third-order valence-corrected chi connectivity index (χ3v) is 3.13. The second-order valence-corrected chi connectivity index (χ2v) is 6.53. The van der Waals surface area contributed by atoms with Gasteiger partial charge in [0.1, 0.15) is 5.60 Å². The maximum atomic E-state index is 11.5. The van der Waals surface area contributed by atoms with Crippen molar-refractivity contribution in [1.82, 2.24) is 10.6 Å². The number of amides is 1. The summed E-state index contributed by atoms with van der Waals surface area (Å²) in [7, 11) is 1.39. The van der Waals surface area contributed by atoms with E-state index >= 15 is 0 Å². The number of carbonyl (C=O) groups excluding carboxylic acids is 2. The Morgan fingerprint density at radius 2 is 1.67 bits per heavy atom. The van der Waals surface area contributed by atoms with Crippen molar-refractivity contribution in [3.63, 3.8) is 0 Å². The van der Waals surface area contributed by atoms with Gasteiger partial charge in [0.15, 0.2) is 0 Å². The third kappa shape index (κ3) is 9.15. The summed E-state index contributed by atoms with van der Waals surface area (Å²) in [5, 5.41) is 6.04. The molecule has 1 rings (SSSR count). The molecular weight excluding hydrogens is 308 g/mol. The average molecular weight is 336 g/mol. The molecule has 24 heavy (non-hydrogen) atoms. The monoisotopic (exact) mass is 336 g/mol. The molecule has 0 radical (unpaired) electrons. The van der Waals surface area contributed by atoms with Crippen LogP contribution in [0.5, 0.6) is 0 Å². The topological polar surface area (TPSA) is 76.7 Å². The zero-order valence-electron chi connectivity index (χ0n) is 15.0. The maximum absolute atomic E-state index is 11.5. The average Bonchev–Trinajstić information content (AvgIpc) is 2.50. The predicted molar refractivity (Wildman–Crippen MR) is 92.7 cm³/mol. The molecule has 1 amide bonds. The number of benzene rings is 1. The van der Waals surface area contributed by atoms with Crippen LogP contribution in [0.2, 0.25) is 0 Å². The highest BCUT2D eigenvalue weighted by molar-refractivity contribution is 5.72. The molecule has 0 saturated carbocycles. The van der Waals surface area contributed by atoms with Crippen LogP contribution in [0.25, 0.3) is 0 Å². The molecule has 0 unspecified atom stereocenters. The van der Waals surface area contributed by atoms with Crippen LogP contribution < -0.4 is 10.6 Å². The number of alkyl carbamates (subject to hydrolysis) is 1. The van der Waals surface area contributed by atoms with E-state index in [-0.39, 0.29) is 12.1 Å². The van der Waals surface area contributed by atoms with Crippen LogP contribution in [0.4, 0.5) is 4.79 Å². The molecule has 1 aromatic rings. The fourth-order valence-electron chi connectivity index (χ4n) is 1.96. The van der Waals surface area contributed by atoms with Gasteiger partial charge in [-0.15, -0.1) is 0 Å². The van der Waals surface area contributed by atoms with Gasteiger partial charge < -0.3 is 20.1 Å². The zero-order chi connectivity index (χ0) is 18.0. The van der Waals surface area contributed by atoms with Crippen molar-refractivity contribution in [2.75, 3.05) is 20.2 Å². The van der Waals surface area contributed by atoms with Gasteiger partial charge in [-0.25, -0.2) is 4.79 Å². The number of esters is 1. The fourth-order valence-corrected chi connectivity index (χ4v) is 1.96. The SMILES string of the molecule is COC(=O)Cc1ccc(CNCCCNC(=O)OC(C)(C)C)cc1. The van der Waals surface area contributed by atoms with Crippen molar-refractivity contribution in [2.45, 2.75) is 45.8 Å². The first-order valence-electron chi connectivity index (χ1n) is 8.12. The van der Waals surface area contributed by atoms with Crippen molar-refractivity contribution in [2.24, 2.45) is 0 Å². The van der Waals surface area contributed by atoms with Gasteiger partial charge in [0.25, 0.3) is 0 Å². The summed E-state index contributed by atoms with van der Waals surface area (Å²) < 4.78 is 9.80. The van der Waals surface area contributed by atoms with Gasteiger partial charge in [0.05, 0.1) is 13.5 Å². The first-order valence-corrected chi connectivity index (χ1v) is 8.12. The molecule has 0 bridgehead atoms. The lowest BCUT2D eigenvalue weighted by molar-refractivity contribution is -0.139. The number of carbonyl (C=O) groups is 2. The Morgan fingerprint density at radius 1 is 1.04 bits per heavy atom. The van der Waals surface area contributed by atoms with Crippen LogP contribution in [0.1, 0.15) is 38.3 Å². The Balaban J connectivity index is 2.15. The molecule has 0 atom stereocenters. The normalized spacial score (nSPS) is 11.0. The number of hydrogen-bond donors (Lipinski definition) is 2. The molecule has 0 fully saturated rings. The summed E-state index contributed by atoms with van der Waals surface area (Å²) in [5.74, 6) is -0.238. The fraction of sp³-hybridized carbons (Fsp3) is 0.556. The summed E-state index contributed by atoms with van der Waals surface area (Å²) in [4.78, 5) is 22.6. The van der Waals surface area contributed by atoms with Gasteiger partial charge in [-0.3, -0.25) is 4.79 Å². The van der Waals surface area contributed by atoms with Crippen LogP contribution in [0.15, 0.2) is 24.3 Å². The molecule has 0 aliphatic heterocycles. The third-order valence-electron chi connectivity index (χ3n) is 3.13. The lowest BCUT2D eigenvalue weighted by atomic mass is 10.1. The summed E-state index contributed by atoms with van der Waals surface area (Å²) in [6.45, 7) is 7.62. The molecule has 2 N–H and O–H groups in total. The Morgan fingerprint density at radius 3 is 2.25 bits per heavy atom. The standard InChI is InChI=1S/C18H28N2O4/c1-18(2,3)24-17(22)20-11-5-10-19-13-15-8-6-14(7-9-15)12-16(21)23-4/h6-9,19H,5,10-13H2,1-4H3,(H,20,22). The summed E-state index contributed by atoms with van der Waals surface area (Å²) in [6, 6.07) is 7.84. The van der Waals surface area contributed by atoms with Crippen LogP contribution in [0, 0.1) is 0 Å². The van der Waals surface area contributed by atoms with E-state index in [1.165, 1.54) is 7.11 Å². The largest absolute Gasteiger partial charge is 0.469 e. The highest BCUT2D eigenvalue weighted by atomic mass is 16.6. The number of methoxy groups -OCH3 is 1. The van der Waals surface area contributed by atoms with Gasteiger partial charge in [0.2, 0.25) is 0 Å². The Bertz CT molecular complexity index is 521. The van der Waals surface area contributed by atoms with Gasteiger partial charge in [-0.1, -0.05) is 24.3 Å². The van der Waals surface area contributed by atoms with Crippen molar-refractivity contribution >= 4 is 12.1 Å². The van der Waals surface area contributed by atoms with Gasteiger partial charge in [0, 0.05) is 13.1 Å². The summed E-state index contributed by atoms with van der Waals surface area (Å²) >= 11 is 0. The van der Waals surface area contributed by atoms with Crippen LogP contribution in [0.3, 0.4) is 0 Å². The molecule has 6 nitrogen and oxygen atoms in total. The highest BCUT2D eigenvalue weighted by Crippen LogP contribution is 2.07. The van der Waals surface area contributed by atoms with E-state index in [1.54, 1.807) is 0 Å². The van der Waals surface area contributed by atoms with Crippen molar-refractivity contribution in [1.29, 1.82) is 0 Å². The van der Waals surface area contributed by atoms with Crippen molar-refractivity contribution in [3.8, 4) is 0 Å². The first kappa shape index (κ1) is 20.0. The molecule has 0 spiro atoms. The van der Waals surface area contributed by atoms with Crippen LogP contribution >= 0.6 is 0 Å². The minimum atomic E-state index is -0.470. The van der Waals surface area contributed by atoms with E-state index in [0.29, 0.717) is 13.0 Å². The zero-order valence-corrected chi connectivity index (χ0v) is 15.0. The molecule has 1 aromatic carbocycles. The second kappa shape index (κ2) is 9.93. The Labute approximate surface area is 143 Å². The molecule has 0 saturated heterocycles. The van der Waals surface area contributed by atoms with Crippen molar-refractivity contribution < 1.29 is 19.1 Å². The molecule has 0 aliphatic carbocycles. The van der Waals surface area contributed by atoms with E-state index < -0.39 is 5.60 Å². The molecule has 0 aliphatic rings. The number of ether oxygens (including phenoxy) is 2. The van der Waals surface area contributed by atoms with E-state index in [1.807, 2.05) is 45.0 Å². The van der Waals surface area contributed by atoms with Gasteiger partial charge in [-0.2, -0.15) is 0 Å². The lowest BCUT2D eigenvalue weighted by Crippen LogP contribution is -2.33. The number of rotatable bonds is 8. The maximum Gasteiger partial charge on any atom is 0.407 e. The summed E-state index contributed by atoms with van der Waals surface area (Å²) in [6.07, 6.45) is 0.726. The smallest absolute Gasteiger partial charge is 0.407 e. The lowest BCUT2D eigenvalue weighted by Gasteiger charge is -2.19. The summed E-state index contributed by atoms with van der Waals surface area (Å²) in [5.41, 5.74) is 1.61. The quantitative estimate of drug-likeness (QED) is 0.563. The van der Waals surface area contributed by atoms with E-state index in [0.717, 1.165) is 30.6 Å². The molecular formula is C18H28N2O4. The van der Waals surface area contributed by atoms with E-state index in [2.05, 4.69) is 15.4 Å². The Kier molecular flexibility index (Phi) is 8.26. The van der Waals surface area contributed by atoms with Crippen LogP contribution in [-0.4, -0.2) is 37.9 Å². The Hall–Kier alpha value is -2.08. The van der Waals surface area contributed by atoms with E-state index in [9.17, 15) is 9.59 Å². The predicted octanol–water partition coefficient (Wildman–Crippen LogP) is 2.41. The minimum absolute atomic E-state index is 0.238. The minimum Gasteiger partial charge on any atom is -0.469 e. The second-order valence-electron chi connectivity index (χ2n) is 6.53. The molecule has 0 aromatic heterocycles. The van der Waals surface area contributed by atoms with Crippen LogP contribution in [-0.2, 0) is 27.2 Å². The van der Waals surface area contributed by atoms with Gasteiger partial charge in [-0.05, 0) is 44.9 Å². The molecule has 134 valence electrons. The highest BCUT2D eigenvalue weighted by Gasteiger charge is 2.15. The number of nitrogens with one attached hydrogen (secondary N) is 2. The molecule has 6 heteroatoms. The van der Waals surface area contributed by atoms with Gasteiger partial charge >= 0.3 is 12.1 Å². The molecule has 0 heterocycles. The number of hydrogen-bond acceptors (Lipinski definition) is 5.